The average molecular weight is 280 g/mol. The quantitative estimate of drug-likeness (QED) is 0.799. The van der Waals surface area contributed by atoms with Crippen molar-refractivity contribution in [2.75, 3.05) is 13.4 Å². The highest BCUT2D eigenvalue weighted by Gasteiger charge is 2.71. The predicted molar refractivity (Wildman–Crippen MR) is 74.4 cm³/mol. The van der Waals surface area contributed by atoms with E-state index in [9.17, 15) is 4.21 Å². The average Bonchev–Trinajstić information content (AvgIpc) is 3.07. The number of hydrogen-bond acceptors (Lipinski definition) is 3. The number of epoxide rings is 1. The zero-order valence-electron chi connectivity index (χ0n) is 11.5. The molecule has 1 aromatic rings. The molecule has 1 aromatic carbocycles. The first-order valence-corrected chi connectivity index (χ1v) is 8.39. The molecular weight excluding hydrogens is 260 g/mol. The lowest BCUT2D eigenvalue weighted by Crippen LogP contribution is -2.28. The zero-order valence-corrected chi connectivity index (χ0v) is 12.3. The summed E-state index contributed by atoms with van der Waals surface area (Å²) >= 11 is 0. The Labute approximate surface area is 116 Å². The summed E-state index contributed by atoms with van der Waals surface area (Å²) in [6, 6.07) is 7.79. The van der Waals surface area contributed by atoms with E-state index in [1.807, 2.05) is 24.3 Å². The summed E-state index contributed by atoms with van der Waals surface area (Å²) in [5.74, 6) is -0.568. The fraction of sp³-hybridized carbons (Fsp3) is 0.600. The Morgan fingerprint density at radius 1 is 1.16 bits per heavy atom. The van der Waals surface area contributed by atoms with Crippen LogP contribution in [0, 0.1) is 0 Å². The van der Waals surface area contributed by atoms with E-state index in [0.717, 1.165) is 23.3 Å². The van der Waals surface area contributed by atoms with Crippen LogP contribution in [0.5, 0.6) is 0 Å². The molecule has 2 unspecified atom stereocenters. The van der Waals surface area contributed by atoms with Crippen LogP contribution in [0.1, 0.15) is 37.7 Å². The minimum absolute atomic E-state index is 0.118. The first-order valence-electron chi connectivity index (χ1n) is 6.83. The van der Waals surface area contributed by atoms with E-state index >= 15 is 0 Å². The Morgan fingerprint density at radius 2 is 1.79 bits per heavy atom. The van der Waals surface area contributed by atoms with Crippen molar-refractivity contribution in [2.45, 2.75) is 48.4 Å². The molecule has 2 atom stereocenters. The number of methoxy groups -OCH3 is 1. The lowest BCUT2D eigenvalue weighted by atomic mass is 9.82. The lowest BCUT2D eigenvalue weighted by molar-refractivity contribution is -0.0154. The second-order valence-electron chi connectivity index (χ2n) is 5.46. The van der Waals surface area contributed by atoms with Gasteiger partial charge in [-0.05, 0) is 25.0 Å². The standard InChI is InChI=1S/C15H20O3S/c1-17-15(14(18-15)10-4-3-5-11-14)12-6-8-13(9-7-12)19(2)16/h6-9H,3-5,10-11H2,1-2H3. The summed E-state index contributed by atoms with van der Waals surface area (Å²) in [6.07, 6.45) is 7.55. The molecule has 4 heteroatoms. The second kappa shape index (κ2) is 4.69. The van der Waals surface area contributed by atoms with Gasteiger partial charge in [-0.25, -0.2) is 0 Å². The van der Waals surface area contributed by atoms with Crippen LogP contribution in [0.2, 0.25) is 0 Å². The third-order valence-electron chi connectivity index (χ3n) is 4.41. The summed E-state index contributed by atoms with van der Waals surface area (Å²) in [4.78, 5) is 0.841. The van der Waals surface area contributed by atoms with E-state index in [0.29, 0.717) is 0 Å². The van der Waals surface area contributed by atoms with Crippen LogP contribution in [0.4, 0.5) is 0 Å². The molecule has 0 bridgehead atoms. The van der Waals surface area contributed by atoms with Crippen molar-refractivity contribution < 1.29 is 13.7 Å². The van der Waals surface area contributed by atoms with Gasteiger partial charge >= 0.3 is 0 Å². The summed E-state index contributed by atoms with van der Waals surface area (Å²) in [5.41, 5.74) is 0.929. The molecule has 19 heavy (non-hydrogen) atoms. The van der Waals surface area contributed by atoms with Gasteiger partial charge in [0.05, 0.1) is 0 Å². The van der Waals surface area contributed by atoms with E-state index in [2.05, 4.69) is 0 Å². The van der Waals surface area contributed by atoms with Crippen LogP contribution < -0.4 is 0 Å². The minimum Gasteiger partial charge on any atom is -0.347 e. The first-order chi connectivity index (χ1) is 9.13. The van der Waals surface area contributed by atoms with Crippen molar-refractivity contribution >= 4 is 10.8 Å². The lowest BCUT2D eigenvalue weighted by Gasteiger charge is -2.23. The van der Waals surface area contributed by atoms with Gasteiger partial charge in [0.15, 0.2) is 0 Å². The van der Waals surface area contributed by atoms with Crippen molar-refractivity contribution in [3.05, 3.63) is 29.8 Å². The van der Waals surface area contributed by atoms with Crippen molar-refractivity contribution in [1.82, 2.24) is 0 Å². The number of ether oxygens (including phenoxy) is 2. The van der Waals surface area contributed by atoms with Crippen LogP contribution in [-0.4, -0.2) is 23.2 Å². The van der Waals surface area contributed by atoms with Crippen LogP contribution in [0.3, 0.4) is 0 Å². The monoisotopic (exact) mass is 280 g/mol. The topological polar surface area (TPSA) is 38.8 Å². The molecule has 2 aliphatic rings. The van der Waals surface area contributed by atoms with Crippen molar-refractivity contribution in [1.29, 1.82) is 0 Å². The summed E-state index contributed by atoms with van der Waals surface area (Å²) < 4.78 is 23.2. The molecule has 1 aliphatic heterocycles. The van der Waals surface area contributed by atoms with Gasteiger partial charge in [-0.1, -0.05) is 31.4 Å². The van der Waals surface area contributed by atoms with Gasteiger partial charge in [-0.3, -0.25) is 4.21 Å². The third kappa shape index (κ3) is 1.97. The smallest absolute Gasteiger partial charge is 0.225 e. The fourth-order valence-corrected chi connectivity index (χ4v) is 3.86. The highest BCUT2D eigenvalue weighted by atomic mass is 32.2. The second-order valence-corrected chi connectivity index (χ2v) is 6.84. The maximum Gasteiger partial charge on any atom is 0.225 e. The summed E-state index contributed by atoms with van der Waals surface area (Å²) in [6.45, 7) is 0. The predicted octanol–water partition coefficient (Wildman–Crippen LogP) is 2.96. The van der Waals surface area contributed by atoms with Gasteiger partial charge in [0, 0.05) is 34.6 Å². The highest BCUT2D eigenvalue weighted by Crippen LogP contribution is 2.62. The Balaban J connectivity index is 1.89. The molecule has 1 aliphatic carbocycles. The first kappa shape index (κ1) is 13.3. The number of rotatable bonds is 3. The molecular formula is C15H20O3S. The largest absolute Gasteiger partial charge is 0.347 e. The Morgan fingerprint density at radius 3 is 2.32 bits per heavy atom. The maximum absolute atomic E-state index is 11.4. The molecule has 0 N–H and O–H groups in total. The van der Waals surface area contributed by atoms with Gasteiger partial charge in [-0.2, -0.15) is 0 Å². The Kier molecular flexibility index (Phi) is 3.28. The van der Waals surface area contributed by atoms with Crippen molar-refractivity contribution in [3.63, 3.8) is 0 Å². The number of hydrogen-bond donors (Lipinski definition) is 0. The van der Waals surface area contributed by atoms with Gasteiger partial charge in [0.2, 0.25) is 5.79 Å². The molecule has 1 heterocycles. The van der Waals surface area contributed by atoms with Crippen LogP contribution in [0.15, 0.2) is 29.2 Å². The van der Waals surface area contributed by atoms with Gasteiger partial charge in [0.1, 0.15) is 5.60 Å². The van der Waals surface area contributed by atoms with Gasteiger partial charge in [0.25, 0.3) is 0 Å². The van der Waals surface area contributed by atoms with E-state index in [-0.39, 0.29) is 5.60 Å². The molecule has 0 radical (unpaired) electrons. The normalized spacial score (nSPS) is 30.2. The Bertz CT molecular complexity index is 491. The van der Waals surface area contributed by atoms with E-state index in [4.69, 9.17) is 9.47 Å². The summed E-state index contributed by atoms with van der Waals surface area (Å²) in [5, 5.41) is 0. The molecule has 2 fully saturated rings. The van der Waals surface area contributed by atoms with Crippen LogP contribution in [0.25, 0.3) is 0 Å². The van der Waals surface area contributed by atoms with E-state index in [1.165, 1.54) is 19.3 Å². The van der Waals surface area contributed by atoms with Crippen molar-refractivity contribution in [3.8, 4) is 0 Å². The Hall–Kier alpha value is -0.710. The molecule has 3 rings (SSSR count). The van der Waals surface area contributed by atoms with E-state index < -0.39 is 16.6 Å². The fourth-order valence-electron chi connectivity index (χ4n) is 3.34. The van der Waals surface area contributed by atoms with E-state index in [1.54, 1.807) is 13.4 Å². The maximum atomic E-state index is 11.4. The highest BCUT2D eigenvalue weighted by molar-refractivity contribution is 7.84. The minimum atomic E-state index is -0.940. The number of benzene rings is 1. The van der Waals surface area contributed by atoms with Crippen molar-refractivity contribution in [2.24, 2.45) is 0 Å². The molecule has 1 spiro atoms. The van der Waals surface area contributed by atoms with Gasteiger partial charge in [-0.15, -0.1) is 0 Å². The SMILES string of the molecule is COC1(c2ccc(S(C)=O)cc2)OC12CCCCC2. The molecule has 3 nitrogen and oxygen atoms in total. The van der Waals surface area contributed by atoms with Gasteiger partial charge < -0.3 is 9.47 Å². The third-order valence-corrected chi connectivity index (χ3v) is 5.35. The molecule has 0 amide bonds. The molecule has 104 valence electrons. The molecule has 1 saturated carbocycles. The van der Waals surface area contributed by atoms with Crippen LogP contribution >= 0.6 is 0 Å². The van der Waals surface area contributed by atoms with Crippen LogP contribution in [-0.2, 0) is 26.1 Å². The molecule has 1 saturated heterocycles. The zero-order chi connectivity index (χ0) is 13.5. The molecule has 0 aromatic heterocycles. The summed E-state index contributed by atoms with van der Waals surface area (Å²) in [7, 11) is 0.777.